The van der Waals surface area contributed by atoms with Crippen molar-refractivity contribution in [1.82, 2.24) is 14.4 Å². The van der Waals surface area contributed by atoms with Crippen LogP contribution in [0.2, 0.25) is 5.02 Å². The molecule has 26 heavy (non-hydrogen) atoms. The Kier molecular flexibility index (Phi) is 5.39. The number of sulfonamides is 1. The summed E-state index contributed by atoms with van der Waals surface area (Å²) in [4.78, 5) is 4.55. The lowest BCUT2D eigenvalue weighted by Gasteiger charge is -2.19. The Morgan fingerprint density at radius 2 is 1.92 bits per heavy atom. The van der Waals surface area contributed by atoms with Crippen molar-refractivity contribution < 1.29 is 12.9 Å². The third-order valence-corrected chi connectivity index (χ3v) is 7.25. The van der Waals surface area contributed by atoms with E-state index in [4.69, 9.17) is 21.9 Å². The van der Waals surface area contributed by atoms with Crippen LogP contribution < -0.4 is 5.73 Å². The molecule has 1 aliphatic rings. The third kappa shape index (κ3) is 3.38. The van der Waals surface area contributed by atoms with Crippen molar-refractivity contribution in [3.63, 3.8) is 0 Å². The maximum atomic E-state index is 12.8. The maximum absolute atomic E-state index is 12.8. The quantitative estimate of drug-likeness (QED) is 0.801. The number of halogens is 1. The van der Waals surface area contributed by atoms with Crippen molar-refractivity contribution in [2.45, 2.75) is 50.0 Å². The first-order valence-electron chi connectivity index (χ1n) is 8.75. The van der Waals surface area contributed by atoms with Gasteiger partial charge in [0.25, 0.3) is 5.89 Å². The summed E-state index contributed by atoms with van der Waals surface area (Å²) in [6, 6.07) is 4.49. The molecule has 0 radical (unpaired) electrons. The van der Waals surface area contributed by atoms with Crippen molar-refractivity contribution in [2.24, 2.45) is 5.73 Å². The Morgan fingerprint density at radius 1 is 1.27 bits per heavy atom. The van der Waals surface area contributed by atoms with Gasteiger partial charge in [0.15, 0.2) is 5.82 Å². The SMILES string of the molecule is CCN(CC)S(=O)(=O)c1ccc(Cl)c(-c2nc(C3(N)CCCC3)no2)c1. The summed E-state index contributed by atoms with van der Waals surface area (Å²) in [5, 5.41) is 4.36. The van der Waals surface area contributed by atoms with Gasteiger partial charge in [-0.25, -0.2) is 8.42 Å². The van der Waals surface area contributed by atoms with E-state index in [1.54, 1.807) is 13.8 Å². The maximum Gasteiger partial charge on any atom is 0.259 e. The monoisotopic (exact) mass is 398 g/mol. The molecule has 0 atom stereocenters. The number of nitrogens with zero attached hydrogens (tertiary/aromatic N) is 3. The van der Waals surface area contributed by atoms with Gasteiger partial charge < -0.3 is 10.3 Å². The van der Waals surface area contributed by atoms with Crippen LogP contribution in [0.15, 0.2) is 27.6 Å². The van der Waals surface area contributed by atoms with E-state index < -0.39 is 15.6 Å². The molecule has 0 amide bonds. The van der Waals surface area contributed by atoms with Crippen LogP contribution >= 0.6 is 11.6 Å². The third-order valence-electron chi connectivity index (χ3n) is 4.88. The van der Waals surface area contributed by atoms with E-state index in [1.165, 1.54) is 22.5 Å². The summed E-state index contributed by atoms with van der Waals surface area (Å²) in [7, 11) is -3.61. The first-order valence-corrected chi connectivity index (χ1v) is 10.6. The average molecular weight is 399 g/mol. The smallest absolute Gasteiger partial charge is 0.259 e. The van der Waals surface area contributed by atoms with Crippen LogP contribution in [-0.2, 0) is 15.6 Å². The van der Waals surface area contributed by atoms with Gasteiger partial charge in [-0.2, -0.15) is 9.29 Å². The Balaban J connectivity index is 2.00. The van der Waals surface area contributed by atoms with Gasteiger partial charge in [0, 0.05) is 13.1 Å². The molecule has 3 rings (SSSR count). The molecular weight excluding hydrogens is 376 g/mol. The first kappa shape index (κ1) is 19.3. The summed E-state index contributed by atoms with van der Waals surface area (Å²) >= 11 is 6.26. The highest BCUT2D eigenvalue weighted by Crippen LogP contribution is 2.37. The molecule has 0 unspecified atom stereocenters. The molecule has 1 fully saturated rings. The molecule has 0 bridgehead atoms. The normalized spacial score (nSPS) is 17.1. The van der Waals surface area contributed by atoms with E-state index in [-0.39, 0.29) is 10.8 Å². The lowest BCUT2D eigenvalue weighted by atomic mass is 9.99. The van der Waals surface area contributed by atoms with Crippen molar-refractivity contribution in [3.05, 3.63) is 29.0 Å². The predicted molar refractivity (Wildman–Crippen MR) is 99.2 cm³/mol. The Hall–Kier alpha value is -1.48. The van der Waals surface area contributed by atoms with Crippen LogP contribution in [0.4, 0.5) is 0 Å². The van der Waals surface area contributed by atoms with Crippen molar-refractivity contribution >= 4 is 21.6 Å². The summed E-state index contributed by atoms with van der Waals surface area (Å²) < 4.78 is 32.2. The number of hydrogen-bond donors (Lipinski definition) is 1. The summed E-state index contributed by atoms with van der Waals surface area (Å²) in [5.41, 5.74) is 6.17. The van der Waals surface area contributed by atoms with Gasteiger partial charge in [0.1, 0.15) is 0 Å². The Morgan fingerprint density at radius 3 is 2.54 bits per heavy atom. The minimum absolute atomic E-state index is 0.142. The molecule has 1 saturated carbocycles. The molecule has 1 aromatic heterocycles. The molecule has 142 valence electrons. The second-order valence-corrected chi connectivity index (χ2v) is 8.86. The van der Waals surface area contributed by atoms with Gasteiger partial charge in [-0.15, -0.1) is 0 Å². The van der Waals surface area contributed by atoms with Crippen molar-refractivity contribution in [3.8, 4) is 11.5 Å². The van der Waals surface area contributed by atoms with Gasteiger partial charge in [-0.1, -0.05) is 43.4 Å². The molecule has 2 aromatic rings. The van der Waals surface area contributed by atoms with Gasteiger partial charge in [-0.3, -0.25) is 0 Å². The summed E-state index contributed by atoms with van der Waals surface area (Å²) in [5.74, 6) is 0.622. The minimum Gasteiger partial charge on any atom is -0.334 e. The molecule has 0 aliphatic heterocycles. The van der Waals surface area contributed by atoms with Crippen LogP contribution in [-0.4, -0.2) is 36.0 Å². The molecule has 9 heteroatoms. The van der Waals surface area contributed by atoms with E-state index >= 15 is 0 Å². The number of rotatable bonds is 6. The standard InChI is InChI=1S/C17H23ClN4O3S/c1-3-22(4-2)26(23,24)12-7-8-14(18)13(11-12)15-20-16(21-25-15)17(19)9-5-6-10-17/h7-8,11H,3-6,9-10,19H2,1-2H3. The molecule has 1 aromatic carbocycles. The molecule has 2 N–H and O–H groups in total. The summed E-state index contributed by atoms with van der Waals surface area (Å²) in [6.07, 6.45) is 3.66. The zero-order valence-corrected chi connectivity index (χ0v) is 16.5. The number of hydrogen-bond acceptors (Lipinski definition) is 6. The van der Waals surface area contributed by atoms with Crippen molar-refractivity contribution in [1.29, 1.82) is 0 Å². The van der Waals surface area contributed by atoms with E-state index in [0.717, 1.165) is 25.7 Å². The average Bonchev–Trinajstić information content (AvgIpc) is 3.26. The highest BCUT2D eigenvalue weighted by molar-refractivity contribution is 7.89. The van der Waals surface area contributed by atoms with Gasteiger partial charge in [-0.05, 0) is 31.0 Å². The zero-order valence-electron chi connectivity index (χ0n) is 14.9. The minimum atomic E-state index is -3.61. The highest BCUT2D eigenvalue weighted by atomic mass is 35.5. The van der Waals surface area contributed by atoms with E-state index in [9.17, 15) is 8.42 Å². The fourth-order valence-electron chi connectivity index (χ4n) is 3.31. The van der Waals surface area contributed by atoms with Crippen LogP contribution in [0, 0.1) is 0 Å². The number of nitrogens with two attached hydrogens (primary N) is 1. The molecule has 1 heterocycles. The van der Waals surface area contributed by atoms with Crippen LogP contribution in [0.1, 0.15) is 45.4 Å². The highest BCUT2D eigenvalue weighted by Gasteiger charge is 2.36. The van der Waals surface area contributed by atoms with Crippen LogP contribution in [0.5, 0.6) is 0 Å². The Labute approximate surface area is 158 Å². The van der Waals surface area contributed by atoms with Crippen LogP contribution in [0.25, 0.3) is 11.5 Å². The van der Waals surface area contributed by atoms with Gasteiger partial charge in [0.2, 0.25) is 10.0 Å². The van der Waals surface area contributed by atoms with E-state index in [1.807, 2.05) is 0 Å². The van der Waals surface area contributed by atoms with Crippen LogP contribution in [0.3, 0.4) is 0 Å². The molecule has 0 saturated heterocycles. The Bertz CT molecular complexity index is 887. The number of aromatic nitrogens is 2. The summed E-state index contributed by atoms with van der Waals surface area (Å²) in [6.45, 7) is 4.36. The lowest BCUT2D eigenvalue weighted by molar-refractivity contribution is 0.372. The second kappa shape index (κ2) is 7.26. The molecule has 7 nitrogen and oxygen atoms in total. The zero-order chi connectivity index (χ0) is 18.9. The van der Waals surface area contributed by atoms with Crippen molar-refractivity contribution in [2.75, 3.05) is 13.1 Å². The fourth-order valence-corrected chi connectivity index (χ4v) is 4.99. The molecular formula is C17H23ClN4O3S. The van der Waals surface area contributed by atoms with E-state index in [2.05, 4.69) is 10.1 Å². The molecule has 1 aliphatic carbocycles. The van der Waals surface area contributed by atoms with E-state index in [0.29, 0.717) is 29.5 Å². The van der Waals surface area contributed by atoms with Gasteiger partial charge >= 0.3 is 0 Å². The predicted octanol–water partition coefficient (Wildman–Crippen LogP) is 3.15. The largest absolute Gasteiger partial charge is 0.334 e. The second-order valence-electron chi connectivity index (χ2n) is 6.52. The number of benzene rings is 1. The van der Waals surface area contributed by atoms with Gasteiger partial charge in [0.05, 0.1) is 21.0 Å². The molecule has 0 spiro atoms. The topological polar surface area (TPSA) is 102 Å². The fraction of sp³-hybridized carbons (Fsp3) is 0.529. The first-order chi connectivity index (χ1) is 12.3. The lowest BCUT2D eigenvalue weighted by Crippen LogP contribution is -2.34.